The molecule has 0 bridgehead atoms. The van der Waals surface area contributed by atoms with E-state index < -0.39 is 48.5 Å². The standard InChI is InChI=1S/C26H35N5O7/c1-16(2)12-20(23(34)29-21(25(36)31-27)13-17-8-10-19(33)11-9-17)28-24(35)22(14-32)30-26(37)38-15-18-6-4-3-5-7-18/h3-11,16,20-22,32-33H,12-15,27H2,1-2H3,(H,28,35)(H,29,34)(H,30,37)(H,31,36)/t20-,21+,22+/m0/s1. The minimum Gasteiger partial charge on any atom is -0.508 e. The largest absolute Gasteiger partial charge is 0.508 e. The Morgan fingerprint density at radius 1 is 0.816 bits per heavy atom. The number of rotatable bonds is 13. The topological polar surface area (TPSA) is 192 Å². The summed E-state index contributed by atoms with van der Waals surface area (Å²) >= 11 is 0. The molecule has 0 spiro atoms. The van der Waals surface area contributed by atoms with Crippen molar-refractivity contribution in [2.24, 2.45) is 11.8 Å². The van der Waals surface area contributed by atoms with Crippen LogP contribution in [-0.2, 0) is 32.1 Å². The van der Waals surface area contributed by atoms with E-state index >= 15 is 0 Å². The van der Waals surface area contributed by atoms with Crippen molar-refractivity contribution in [3.63, 3.8) is 0 Å². The van der Waals surface area contributed by atoms with Gasteiger partial charge in [-0.3, -0.25) is 19.8 Å². The Morgan fingerprint density at radius 2 is 1.42 bits per heavy atom. The second-order valence-electron chi connectivity index (χ2n) is 9.07. The zero-order valence-electron chi connectivity index (χ0n) is 21.3. The van der Waals surface area contributed by atoms with Crippen molar-refractivity contribution in [2.45, 2.75) is 51.4 Å². The van der Waals surface area contributed by atoms with Gasteiger partial charge < -0.3 is 30.9 Å². The number of phenolic OH excluding ortho intramolecular Hbond substituents is 1. The van der Waals surface area contributed by atoms with Crippen molar-refractivity contribution < 1.29 is 34.1 Å². The lowest BCUT2D eigenvalue weighted by atomic mass is 10.0. The number of carbonyl (C=O) groups excluding carboxylic acids is 4. The van der Waals surface area contributed by atoms with Gasteiger partial charge in [0.2, 0.25) is 11.8 Å². The molecule has 0 aliphatic rings. The molecule has 206 valence electrons. The normalized spacial score (nSPS) is 13.1. The van der Waals surface area contributed by atoms with Crippen LogP contribution in [0.3, 0.4) is 0 Å². The molecule has 2 rings (SSSR count). The lowest BCUT2D eigenvalue weighted by molar-refractivity contribution is -0.133. The van der Waals surface area contributed by atoms with Gasteiger partial charge in [0, 0.05) is 6.42 Å². The van der Waals surface area contributed by atoms with E-state index in [1.165, 1.54) is 12.1 Å². The molecular formula is C26H35N5O7. The molecule has 0 aromatic heterocycles. The number of hydrogen-bond donors (Lipinski definition) is 7. The third-order valence-corrected chi connectivity index (χ3v) is 5.50. The van der Waals surface area contributed by atoms with Crippen LogP contribution in [-0.4, -0.2) is 58.8 Å². The molecule has 3 atom stereocenters. The minimum atomic E-state index is -1.37. The van der Waals surface area contributed by atoms with Crippen LogP contribution in [0.25, 0.3) is 0 Å². The van der Waals surface area contributed by atoms with Crippen molar-refractivity contribution in [3.8, 4) is 5.75 Å². The van der Waals surface area contributed by atoms with Crippen LogP contribution < -0.4 is 27.2 Å². The molecule has 2 aromatic rings. The smallest absolute Gasteiger partial charge is 0.408 e. The molecule has 0 saturated heterocycles. The lowest BCUT2D eigenvalue weighted by Crippen LogP contribution is -2.58. The number of ether oxygens (including phenoxy) is 1. The van der Waals surface area contributed by atoms with Crippen molar-refractivity contribution in [2.75, 3.05) is 6.61 Å². The van der Waals surface area contributed by atoms with E-state index in [-0.39, 0.29) is 31.1 Å². The fourth-order valence-electron chi connectivity index (χ4n) is 3.53. The van der Waals surface area contributed by atoms with E-state index in [9.17, 15) is 29.4 Å². The number of aliphatic hydroxyl groups is 1. The lowest BCUT2D eigenvalue weighted by Gasteiger charge is -2.25. The monoisotopic (exact) mass is 529 g/mol. The number of phenols is 1. The highest BCUT2D eigenvalue weighted by molar-refractivity contribution is 5.93. The number of aliphatic hydroxyl groups excluding tert-OH is 1. The number of hydrogen-bond acceptors (Lipinski definition) is 8. The molecule has 0 unspecified atom stereocenters. The Morgan fingerprint density at radius 3 is 2.00 bits per heavy atom. The number of benzene rings is 2. The number of nitrogens with two attached hydrogens (primary N) is 1. The van der Waals surface area contributed by atoms with Crippen molar-refractivity contribution >= 4 is 23.8 Å². The van der Waals surface area contributed by atoms with Crippen molar-refractivity contribution in [3.05, 3.63) is 65.7 Å². The summed E-state index contributed by atoms with van der Waals surface area (Å²) in [7, 11) is 0. The third-order valence-electron chi connectivity index (χ3n) is 5.50. The van der Waals surface area contributed by atoms with E-state index in [1.54, 1.807) is 36.4 Å². The maximum atomic E-state index is 13.1. The van der Waals surface area contributed by atoms with Gasteiger partial charge in [-0.2, -0.15) is 0 Å². The number of aromatic hydroxyl groups is 1. The first kappa shape index (κ1) is 30.1. The SMILES string of the molecule is CC(C)C[C@H](NC(=O)[C@@H](CO)NC(=O)OCc1ccccc1)C(=O)N[C@H](Cc1ccc(O)cc1)C(=O)NN. The van der Waals surface area contributed by atoms with Gasteiger partial charge in [-0.05, 0) is 35.6 Å². The molecule has 12 nitrogen and oxygen atoms in total. The maximum Gasteiger partial charge on any atom is 0.408 e. The summed E-state index contributed by atoms with van der Waals surface area (Å²) in [5, 5.41) is 26.6. The maximum absolute atomic E-state index is 13.1. The highest BCUT2D eigenvalue weighted by Crippen LogP contribution is 2.12. The van der Waals surface area contributed by atoms with E-state index in [1.807, 2.05) is 25.3 Å². The van der Waals surface area contributed by atoms with E-state index in [2.05, 4.69) is 16.0 Å². The molecule has 0 aliphatic heterocycles. The van der Waals surface area contributed by atoms with Gasteiger partial charge in [0.05, 0.1) is 6.61 Å². The highest BCUT2D eigenvalue weighted by Gasteiger charge is 2.30. The molecule has 4 amide bonds. The minimum absolute atomic E-state index is 0.0266. The molecule has 0 fully saturated rings. The molecule has 0 aliphatic carbocycles. The van der Waals surface area contributed by atoms with Gasteiger partial charge in [0.25, 0.3) is 5.91 Å². The Balaban J connectivity index is 2.04. The van der Waals surface area contributed by atoms with Crippen LogP contribution in [0.15, 0.2) is 54.6 Å². The summed E-state index contributed by atoms with van der Waals surface area (Å²) in [6.07, 6.45) is -0.628. The summed E-state index contributed by atoms with van der Waals surface area (Å²) < 4.78 is 5.09. The molecule has 8 N–H and O–H groups in total. The molecule has 2 aromatic carbocycles. The van der Waals surface area contributed by atoms with Gasteiger partial charge >= 0.3 is 6.09 Å². The Bertz CT molecular complexity index is 1060. The predicted octanol–water partition coefficient (Wildman–Crippen LogP) is 0.228. The molecular weight excluding hydrogens is 494 g/mol. The average molecular weight is 530 g/mol. The predicted molar refractivity (Wildman–Crippen MR) is 138 cm³/mol. The second-order valence-corrected chi connectivity index (χ2v) is 9.07. The van der Waals surface area contributed by atoms with Crippen LogP contribution >= 0.6 is 0 Å². The van der Waals surface area contributed by atoms with Gasteiger partial charge in [-0.15, -0.1) is 0 Å². The van der Waals surface area contributed by atoms with Gasteiger partial charge in [-0.1, -0.05) is 56.3 Å². The fourth-order valence-corrected chi connectivity index (χ4v) is 3.53. The van der Waals surface area contributed by atoms with Crippen LogP contribution in [0.1, 0.15) is 31.4 Å². The number of amides is 4. The van der Waals surface area contributed by atoms with Crippen LogP contribution in [0, 0.1) is 5.92 Å². The Hall–Kier alpha value is -4.16. The number of alkyl carbamates (subject to hydrolysis) is 1. The van der Waals surface area contributed by atoms with E-state index in [0.717, 1.165) is 5.56 Å². The van der Waals surface area contributed by atoms with Crippen LogP contribution in [0.5, 0.6) is 5.75 Å². The molecule has 38 heavy (non-hydrogen) atoms. The average Bonchev–Trinajstić information content (AvgIpc) is 2.90. The summed E-state index contributed by atoms with van der Waals surface area (Å²) in [5.74, 6) is 3.20. The summed E-state index contributed by atoms with van der Waals surface area (Å²) in [5.41, 5.74) is 3.40. The second kappa shape index (κ2) is 15.2. The summed E-state index contributed by atoms with van der Waals surface area (Å²) in [4.78, 5) is 50.5. The summed E-state index contributed by atoms with van der Waals surface area (Å²) in [6.45, 7) is 2.92. The number of nitrogens with one attached hydrogen (secondary N) is 4. The fraction of sp³-hybridized carbons (Fsp3) is 0.385. The van der Waals surface area contributed by atoms with Crippen molar-refractivity contribution in [1.29, 1.82) is 0 Å². The Kier molecular flexibility index (Phi) is 12.0. The quantitative estimate of drug-likeness (QED) is 0.109. The number of carbonyl (C=O) groups is 4. The van der Waals surface area contributed by atoms with Gasteiger partial charge in [0.15, 0.2) is 0 Å². The zero-order valence-corrected chi connectivity index (χ0v) is 21.3. The van der Waals surface area contributed by atoms with Gasteiger partial charge in [-0.25, -0.2) is 10.6 Å². The van der Waals surface area contributed by atoms with Gasteiger partial charge in [0.1, 0.15) is 30.5 Å². The summed E-state index contributed by atoms with van der Waals surface area (Å²) in [6, 6.07) is 11.5. The molecule has 0 saturated carbocycles. The Labute approximate surface area is 220 Å². The van der Waals surface area contributed by atoms with Crippen LogP contribution in [0.2, 0.25) is 0 Å². The van der Waals surface area contributed by atoms with Crippen molar-refractivity contribution in [1.82, 2.24) is 21.4 Å². The van der Waals surface area contributed by atoms with E-state index in [4.69, 9.17) is 10.6 Å². The number of hydrazine groups is 1. The molecule has 0 radical (unpaired) electrons. The first-order valence-electron chi connectivity index (χ1n) is 12.1. The molecule has 12 heteroatoms. The molecule has 0 heterocycles. The first-order chi connectivity index (χ1) is 18.1. The third kappa shape index (κ3) is 10.1. The van der Waals surface area contributed by atoms with Crippen LogP contribution in [0.4, 0.5) is 4.79 Å². The first-order valence-corrected chi connectivity index (χ1v) is 12.1. The zero-order chi connectivity index (χ0) is 28.1. The van der Waals surface area contributed by atoms with E-state index in [0.29, 0.717) is 5.56 Å². The highest BCUT2D eigenvalue weighted by atomic mass is 16.5.